The summed E-state index contributed by atoms with van der Waals surface area (Å²) in [6.45, 7) is 8.06. The van der Waals surface area contributed by atoms with Crippen LogP contribution in [0.4, 0.5) is 0 Å². The maximum absolute atomic E-state index is 14.2. The molecule has 0 unspecified atom stereocenters. The first-order valence-electron chi connectivity index (χ1n) is 16.8. The SMILES string of the molecule is CC(=O)Oc1cc(O)c2c3c1C[C@@H]1[C@@H]4CC[C@@H](N(CC(C)C)C(=O)Cc5ccc(Cl)c(Cl)c5)[C@H](O2)[C@]34CCN1CCc1ccccc1. The number of piperidine rings is 1. The normalized spacial score (nSPS) is 25.7. The third-order valence-corrected chi connectivity index (χ3v) is 11.6. The first-order chi connectivity index (χ1) is 22.6. The molecule has 7 rings (SSSR count). The Morgan fingerprint density at radius 2 is 1.87 bits per heavy atom. The third-order valence-electron chi connectivity index (χ3n) is 10.9. The van der Waals surface area contributed by atoms with Gasteiger partial charge in [-0.25, -0.2) is 0 Å². The molecular formula is C38H42Cl2N2O5. The molecule has 1 spiro atoms. The quantitative estimate of drug-likeness (QED) is 0.194. The van der Waals surface area contributed by atoms with Crippen LogP contribution < -0.4 is 9.47 Å². The molecule has 0 radical (unpaired) electrons. The fourth-order valence-corrected chi connectivity index (χ4v) is 9.47. The number of hydrogen-bond donors (Lipinski definition) is 1. The molecule has 3 aromatic rings. The van der Waals surface area contributed by atoms with Crippen LogP contribution in [0.2, 0.25) is 10.0 Å². The molecule has 2 aliphatic heterocycles. The van der Waals surface area contributed by atoms with Crippen LogP contribution in [-0.2, 0) is 34.3 Å². The Bertz CT molecular complexity index is 1700. The van der Waals surface area contributed by atoms with E-state index in [4.69, 9.17) is 32.7 Å². The minimum atomic E-state index is -0.417. The minimum absolute atomic E-state index is 0.0104. The predicted octanol–water partition coefficient (Wildman–Crippen LogP) is 7.00. The molecular weight excluding hydrogens is 635 g/mol. The molecule has 1 saturated carbocycles. The van der Waals surface area contributed by atoms with Crippen molar-refractivity contribution in [3.05, 3.63) is 86.9 Å². The summed E-state index contributed by atoms with van der Waals surface area (Å²) >= 11 is 12.5. The van der Waals surface area contributed by atoms with Crippen molar-refractivity contribution in [2.24, 2.45) is 11.8 Å². The fourth-order valence-electron chi connectivity index (χ4n) is 9.15. The Morgan fingerprint density at radius 1 is 1.09 bits per heavy atom. The highest BCUT2D eigenvalue weighted by molar-refractivity contribution is 6.42. The molecule has 2 fully saturated rings. The molecule has 1 N–H and O–H groups in total. The maximum Gasteiger partial charge on any atom is 0.308 e. The first-order valence-corrected chi connectivity index (χ1v) is 17.6. The summed E-state index contributed by atoms with van der Waals surface area (Å²) in [7, 11) is 0. The topological polar surface area (TPSA) is 79.3 Å². The van der Waals surface area contributed by atoms with Crippen LogP contribution in [0.5, 0.6) is 17.2 Å². The van der Waals surface area contributed by atoms with Gasteiger partial charge in [0.05, 0.1) is 22.5 Å². The van der Waals surface area contributed by atoms with Gasteiger partial charge in [0.2, 0.25) is 5.91 Å². The van der Waals surface area contributed by atoms with Gasteiger partial charge in [-0.2, -0.15) is 0 Å². The summed E-state index contributed by atoms with van der Waals surface area (Å²) in [6, 6.07) is 17.5. The average Bonchev–Trinajstić information content (AvgIpc) is 3.38. The number of phenols is 1. The van der Waals surface area contributed by atoms with Crippen molar-refractivity contribution in [1.82, 2.24) is 9.80 Å². The number of carbonyl (C=O) groups is 2. The fraction of sp³-hybridized carbons (Fsp3) is 0.474. The summed E-state index contributed by atoms with van der Waals surface area (Å²) in [5.41, 5.74) is 3.67. The van der Waals surface area contributed by atoms with Crippen molar-refractivity contribution in [3.8, 4) is 17.2 Å². The highest BCUT2D eigenvalue weighted by atomic mass is 35.5. The standard InChI is InChI=1S/C38H42Cl2N2O5/c1-22(2)21-42(34(45)18-25-9-11-28(39)29(40)17-25)30-12-10-27-31-19-26-33(46-23(3)43)20-32(44)36-35(26)38(27,37(30)47-36)14-16-41(31)15-13-24-7-5-4-6-8-24/h4-9,11,17,20,22,27,30-31,37,44H,10,12-16,18-19,21H2,1-3H3/t27-,30+,31+,37-,38-/m0/s1. The van der Waals surface area contributed by atoms with Crippen molar-refractivity contribution in [2.45, 2.75) is 82.9 Å². The Kier molecular flexibility index (Phi) is 8.69. The van der Waals surface area contributed by atoms with Gasteiger partial charge < -0.3 is 19.5 Å². The van der Waals surface area contributed by atoms with Crippen LogP contribution in [0.3, 0.4) is 0 Å². The molecule has 47 heavy (non-hydrogen) atoms. The number of nitrogens with zero attached hydrogens (tertiary/aromatic N) is 2. The number of esters is 1. The van der Waals surface area contributed by atoms with Crippen molar-refractivity contribution >= 4 is 35.1 Å². The molecule has 3 aromatic carbocycles. The lowest BCUT2D eigenvalue weighted by atomic mass is 9.50. The zero-order chi connectivity index (χ0) is 33.0. The highest BCUT2D eigenvalue weighted by Gasteiger charge is 2.67. The summed E-state index contributed by atoms with van der Waals surface area (Å²) < 4.78 is 12.7. The van der Waals surface area contributed by atoms with Crippen LogP contribution in [-0.4, -0.2) is 64.6 Å². The summed E-state index contributed by atoms with van der Waals surface area (Å²) in [6.07, 6.45) is 4.13. The van der Waals surface area contributed by atoms with Gasteiger partial charge in [-0.1, -0.05) is 73.4 Å². The molecule has 0 aromatic heterocycles. The van der Waals surface area contributed by atoms with Gasteiger partial charge in [0.1, 0.15) is 11.9 Å². The van der Waals surface area contributed by atoms with Crippen LogP contribution in [0.15, 0.2) is 54.6 Å². The predicted molar refractivity (Wildman–Crippen MR) is 183 cm³/mol. The number of ether oxygens (including phenoxy) is 2. The first kappa shape index (κ1) is 32.3. The molecule has 2 heterocycles. The van der Waals surface area contributed by atoms with Crippen LogP contribution >= 0.6 is 23.2 Å². The van der Waals surface area contributed by atoms with E-state index in [0.29, 0.717) is 28.1 Å². The third kappa shape index (κ3) is 5.68. The van der Waals surface area contributed by atoms with Crippen molar-refractivity contribution in [2.75, 3.05) is 19.6 Å². The Labute approximate surface area is 286 Å². The van der Waals surface area contributed by atoms with E-state index in [1.165, 1.54) is 12.5 Å². The zero-order valence-electron chi connectivity index (χ0n) is 27.2. The number of benzene rings is 3. The smallest absolute Gasteiger partial charge is 0.308 e. The van der Waals surface area contributed by atoms with E-state index in [-0.39, 0.29) is 48.1 Å². The molecule has 4 aliphatic rings. The van der Waals surface area contributed by atoms with Gasteiger partial charge in [0.15, 0.2) is 11.5 Å². The van der Waals surface area contributed by atoms with Gasteiger partial charge in [0, 0.05) is 48.7 Å². The van der Waals surface area contributed by atoms with Crippen LogP contribution in [0.1, 0.15) is 62.3 Å². The second kappa shape index (κ2) is 12.6. The van der Waals surface area contributed by atoms with E-state index in [0.717, 1.165) is 61.9 Å². The van der Waals surface area contributed by atoms with E-state index < -0.39 is 11.4 Å². The second-order valence-corrected chi connectivity index (χ2v) is 15.0. The van der Waals surface area contributed by atoms with Crippen molar-refractivity contribution in [1.29, 1.82) is 0 Å². The highest BCUT2D eigenvalue weighted by Crippen LogP contribution is 2.65. The van der Waals surface area contributed by atoms with Gasteiger partial charge in [-0.3, -0.25) is 14.5 Å². The number of phenolic OH excluding ortho intramolecular Hbond substituents is 1. The van der Waals surface area contributed by atoms with Crippen LogP contribution in [0, 0.1) is 11.8 Å². The Balaban J connectivity index is 1.27. The number of hydrogen-bond acceptors (Lipinski definition) is 6. The average molecular weight is 678 g/mol. The Hall–Kier alpha value is -3.26. The largest absolute Gasteiger partial charge is 0.504 e. The summed E-state index contributed by atoms with van der Waals surface area (Å²) in [5.74, 6) is 1.03. The molecule has 2 aliphatic carbocycles. The maximum atomic E-state index is 14.2. The second-order valence-electron chi connectivity index (χ2n) is 14.2. The number of likely N-dealkylation sites (tertiary alicyclic amines) is 1. The lowest BCUT2D eigenvalue weighted by Crippen LogP contribution is -2.69. The molecule has 248 valence electrons. The van der Waals surface area contributed by atoms with E-state index in [9.17, 15) is 14.7 Å². The number of halogens is 2. The molecule has 7 nitrogen and oxygen atoms in total. The summed E-state index contributed by atoms with van der Waals surface area (Å²) in [5, 5.41) is 12.2. The molecule has 1 saturated heterocycles. The number of amides is 1. The van der Waals surface area contributed by atoms with E-state index >= 15 is 0 Å². The lowest BCUT2D eigenvalue weighted by molar-refractivity contribution is -0.143. The molecule has 9 heteroatoms. The zero-order valence-corrected chi connectivity index (χ0v) is 28.7. The van der Waals surface area contributed by atoms with Gasteiger partial charge in [-0.15, -0.1) is 0 Å². The number of rotatable bonds is 9. The monoisotopic (exact) mass is 676 g/mol. The van der Waals surface area contributed by atoms with Gasteiger partial charge in [0.25, 0.3) is 0 Å². The van der Waals surface area contributed by atoms with Crippen molar-refractivity contribution < 1.29 is 24.2 Å². The lowest BCUT2D eigenvalue weighted by Gasteiger charge is -2.60. The van der Waals surface area contributed by atoms with Crippen LogP contribution in [0.25, 0.3) is 0 Å². The molecule has 1 amide bonds. The Morgan fingerprint density at radius 3 is 2.60 bits per heavy atom. The van der Waals surface area contributed by atoms with E-state index in [1.807, 2.05) is 17.0 Å². The number of carbonyl (C=O) groups excluding carboxylic acids is 2. The van der Waals surface area contributed by atoms with E-state index in [2.05, 4.69) is 43.0 Å². The minimum Gasteiger partial charge on any atom is -0.504 e. The molecule has 2 bridgehead atoms. The molecule has 5 atom stereocenters. The van der Waals surface area contributed by atoms with Gasteiger partial charge in [-0.05, 0) is 73.7 Å². The van der Waals surface area contributed by atoms with Crippen molar-refractivity contribution in [3.63, 3.8) is 0 Å². The number of aromatic hydroxyl groups is 1. The summed E-state index contributed by atoms with van der Waals surface area (Å²) in [4.78, 5) is 31.1. The van der Waals surface area contributed by atoms with E-state index in [1.54, 1.807) is 18.2 Å². The van der Waals surface area contributed by atoms with Gasteiger partial charge >= 0.3 is 5.97 Å².